The second-order valence-electron chi connectivity index (χ2n) is 6.17. The lowest BCUT2D eigenvalue weighted by Crippen LogP contribution is -2.45. The highest BCUT2D eigenvalue weighted by molar-refractivity contribution is 5.98. The predicted octanol–water partition coefficient (Wildman–Crippen LogP) is 2.49. The molecule has 0 aromatic carbocycles. The molecule has 0 atom stereocenters. The SMILES string of the molecule is CCN(C(=O)OC(C)(C)C)C(N)=NC(=O)OC(C)(C)C. The van der Waals surface area contributed by atoms with E-state index in [4.69, 9.17) is 15.2 Å². The third-order valence-electron chi connectivity index (χ3n) is 1.81. The first-order valence-corrected chi connectivity index (χ1v) is 6.43. The number of nitrogens with zero attached hydrogens (tertiary/aromatic N) is 2. The molecule has 2 N–H and O–H groups in total. The Labute approximate surface area is 120 Å². The van der Waals surface area contributed by atoms with Crippen molar-refractivity contribution in [3.63, 3.8) is 0 Å². The fourth-order valence-corrected chi connectivity index (χ4v) is 1.14. The highest BCUT2D eigenvalue weighted by Gasteiger charge is 2.24. The van der Waals surface area contributed by atoms with Gasteiger partial charge in [0, 0.05) is 6.54 Å². The topological polar surface area (TPSA) is 94.2 Å². The smallest absolute Gasteiger partial charge is 0.437 e. The number of nitrogens with two attached hydrogens (primary N) is 1. The van der Waals surface area contributed by atoms with Crippen molar-refractivity contribution >= 4 is 18.1 Å². The number of amides is 2. The van der Waals surface area contributed by atoms with Crippen molar-refractivity contribution in [1.82, 2.24) is 4.90 Å². The lowest BCUT2D eigenvalue weighted by atomic mass is 10.2. The normalized spacial score (nSPS) is 12.8. The van der Waals surface area contributed by atoms with Crippen LogP contribution in [0.3, 0.4) is 0 Å². The fraction of sp³-hybridized carbons (Fsp3) is 0.769. The van der Waals surface area contributed by atoms with E-state index in [0.29, 0.717) is 0 Å². The Bertz CT molecular complexity index is 391. The van der Waals surface area contributed by atoms with E-state index in [-0.39, 0.29) is 12.5 Å². The number of hydrogen-bond donors (Lipinski definition) is 1. The van der Waals surface area contributed by atoms with Crippen molar-refractivity contribution in [2.75, 3.05) is 6.54 Å². The van der Waals surface area contributed by atoms with Crippen molar-refractivity contribution in [2.45, 2.75) is 59.7 Å². The van der Waals surface area contributed by atoms with Gasteiger partial charge in [0.25, 0.3) is 0 Å². The Hall–Kier alpha value is -1.79. The Balaban J connectivity index is 4.89. The maximum Gasteiger partial charge on any atom is 0.437 e. The molecule has 0 aliphatic heterocycles. The lowest BCUT2D eigenvalue weighted by Gasteiger charge is -2.25. The van der Waals surface area contributed by atoms with Gasteiger partial charge in [0.15, 0.2) is 0 Å². The molecule has 0 rings (SSSR count). The molecule has 0 unspecified atom stereocenters. The van der Waals surface area contributed by atoms with Crippen molar-refractivity contribution in [3.8, 4) is 0 Å². The van der Waals surface area contributed by atoms with Gasteiger partial charge in [-0.25, -0.2) is 14.5 Å². The number of guanidine groups is 1. The first kappa shape index (κ1) is 18.2. The molecule has 0 fully saturated rings. The Morgan fingerprint density at radius 3 is 1.85 bits per heavy atom. The molecule has 0 radical (unpaired) electrons. The van der Waals surface area contributed by atoms with Crippen molar-refractivity contribution in [1.29, 1.82) is 0 Å². The first-order valence-electron chi connectivity index (χ1n) is 6.43. The van der Waals surface area contributed by atoms with Crippen LogP contribution in [0.4, 0.5) is 9.59 Å². The van der Waals surface area contributed by atoms with E-state index in [2.05, 4.69) is 4.99 Å². The van der Waals surface area contributed by atoms with E-state index in [9.17, 15) is 9.59 Å². The van der Waals surface area contributed by atoms with Gasteiger partial charge in [-0.05, 0) is 48.5 Å². The van der Waals surface area contributed by atoms with Crippen LogP contribution in [0.5, 0.6) is 0 Å². The minimum atomic E-state index is -0.850. The van der Waals surface area contributed by atoms with Gasteiger partial charge in [0.2, 0.25) is 5.96 Å². The molecule has 7 nitrogen and oxygen atoms in total. The zero-order valence-electron chi connectivity index (χ0n) is 13.3. The number of ether oxygens (including phenoxy) is 2. The maximum atomic E-state index is 11.9. The number of hydrogen-bond acceptors (Lipinski definition) is 4. The van der Waals surface area contributed by atoms with Crippen LogP contribution in [-0.4, -0.2) is 40.8 Å². The highest BCUT2D eigenvalue weighted by atomic mass is 16.6. The molecule has 7 heteroatoms. The monoisotopic (exact) mass is 287 g/mol. The number of carbonyl (C=O) groups is 2. The molecule has 0 spiro atoms. The molecule has 0 aromatic rings. The molecule has 2 amide bonds. The van der Waals surface area contributed by atoms with Crippen LogP contribution in [-0.2, 0) is 9.47 Å². The Morgan fingerprint density at radius 1 is 1.05 bits per heavy atom. The summed E-state index contributed by atoms with van der Waals surface area (Å²) in [6.45, 7) is 12.3. The van der Waals surface area contributed by atoms with Crippen molar-refractivity contribution in [2.24, 2.45) is 10.7 Å². The molecule has 0 aliphatic carbocycles. The van der Waals surface area contributed by atoms with Crippen LogP contribution in [0.25, 0.3) is 0 Å². The molecule has 0 heterocycles. The summed E-state index contributed by atoms with van der Waals surface area (Å²) in [6.07, 6.45) is -1.51. The number of rotatable bonds is 1. The average Bonchev–Trinajstić information content (AvgIpc) is 2.11. The maximum absolute atomic E-state index is 11.9. The molecule has 0 aliphatic rings. The highest BCUT2D eigenvalue weighted by Crippen LogP contribution is 2.11. The van der Waals surface area contributed by atoms with E-state index in [1.54, 1.807) is 48.5 Å². The standard InChI is InChI=1S/C13H25N3O4/c1-8-16(11(18)20-13(5,6)7)9(14)15-10(17)19-12(2,3)4/h8H2,1-7H3,(H2,14,15,17). The lowest BCUT2D eigenvalue weighted by molar-refractivity contribution is 0.0373. The van der Waals surface area contributed by atoms with E-state index in [0.717, 1.165) is 4.90 Å². The summed E-state index contributed by atoms with van der Waals surface area (Å²) in [5.41, 5.74) is 4.31. The Morgan fingerprint density at radius 2 is 1.50 bits per heavy atom. The molecule has 0 aromatic heterocycles. The van der Waals surface area contributed by atoms with E-state index in [1.165, 1.54) is 0 Å². The second kappa shape index (κ2) is 6.58. The van der Waals surface area contributed by atoms with Gasteiger partial charge in [-0.3, -0.25) is 0 Å². The van der Waals surface area contributed by atoms with Gasteiger partial charge in [-0.15, -0.1) is 4.99 Å². The van der Waals surface area contributed by atoms with Crippen molar-refractivity contribution < 1.29 is 19.1 Å². The summed E-state index contributed by atoms with van der Waals surface area (Å²) >= 11 is 0. The van der Waals surface area contributed by atoms with Gasteiger partial charge in [0.05, 0.1) is 0 Å². The second-order valence-corrected chi connectivity index (χ2v) is 6.17. The molecule has 20 heavy (non-hydrogen) atoms. The molecule has 116 valence electrons. The fourth-order valence-electron chi connectivity index (χ4n) is 1.14. The zero-order valence-corrected chi connectivity index (χ0v) is 13.3. The summed E-state index contributed by atoms with van der Waals surface area (Å²) in [5.74, 6) is -0.254. The summed E-state index contributed by atoms with van der Waals surface area (Å²) in [5, 5.41) is 0. The Kier molecular flexibility index (Phi) is 5.99. The summed E-state index contributed by atoms with van der Waals surface area (Å²) in [4.78, 5) is 28.0. The molecular weight excluding hydrogens is 262 g/mol. The predicted molar refractivity (Wildman–Crippen MR) is 76.5 cm³/mol. The van der Waals surface area contributed by atoms with Gasteiger partial charge in [-0.1, -0.05) is 0 Å². The number of carbonyl (C=O) groups excluding carboxylic acids is 2. The van der Waals surface area contributed by atoms with Crippen LogP contribution in [0, 0.1) is 0 Å². The van der Waals surface area contributed by atoms with Crippen LogP contribution in [0.15, 0.2) is 4.99 Å². The van der Waals surface area contributed by atoms with Crippen LogP contribution in [0.2, 0.25) is 0 Å². The van der Waals surface area contributed by atoms with Crippen molar-refractivity contribution in [3.05, 3.63) is 0 Å². The molecule has 0 saturated heterocycles. The third kappa shape index (κ3) is 7.60. The first-order chi connectivity index (χ1) is 8.85. The van der Waals surface area contributed by atoms with Crippen LogP contribution >= 0.6 is 0 Å². The van der Waals surface area contributed by atoms with Gasteiger partial charge in [0.1, 0.15) is 11.2 Å². The minimum Gasteiger partial charge on any atom is -0.443 e. The van der Waals surface area contributed by atoms with Crippen LogP contribution in [0.1, 0.15) is 48.5 Å². The quantitative estimate of drug-likeness (QED) is 0.590. The third-order valence-corrected chi connectivity index (χ3v) is 1.81. The zero-order chi connectivity index (χ0) is 16.1. The van der Waals surface area contributed by atoms with Gasteiger partial charge in [-0.2, -0.15) is 0 Å². The summed E-state index contributed by atoms with van der Waals surface area (Å²) in [6, 6.07) is 0. The van der Waals surface area contributed by atoms with E-state index >= 15 is 0 Å². The van der Waals surface area contributed by atoms with Crippen LogP contribution < -0.4 is 5.73 Å². The molecular formula is C13H25N3O4. The van der Waals surface area contributed by atoms with Gasteiger partial charge >= 0.3 is 12.2 Å². The van der Waals surface area contributed by atoms with E-state index < -0.39 is 23.4 Å². The van der Waals surface area contributed by atoms with Gasteiger partial charge < -0.3 is 15.2 Å². The summed E-state index contributed by atoms with van der Waals surface area (Å²) in [7, 11) is 0. The summed E-state index contributed by atoms with van der Waals surface area (Å²) < 4.78 is 10.2. The molecule has 0 bridgehead atoms. The number of aliphatic imine (C=N–C) groups is 1. The molecule has 0 saturated carbocycles. The largest absolute Gasteiger partial charge is 0.443 e. The minimum absolute atomic E-state index is 0.229. The average molecular weight is 287 g/mol. The van der Waals surface area contributed by atoms with E-state index in [1.807, 2.05) is 0 Å².